The van der Waals surface area contributed by atoms with Gasteiger partial charge in [0, 0.05) is 38.2 Å². The van der Waals surface area contributed by atoms with E-state index < -0.39 is 0 Å². The van der Waals surface area contributed by atoms with Crippen LogP contribution in [0.15, 0.2) is 36.4 Å². The lowest BCUT2D eigenvalue weighted by Gasteiger charge is -2.30. The minimum atomic E-state index is -0.135. The zero-order chi connectivity index (χ0) is 22.1. The minimum absolute atomic E-state index is 0.0922. The molecule has 2 heterocycles. The molecule has 0 unspecified atom stereocenters. The van der Waals surface area contributed by atoms with Crippen molar-refractivity contribution in [3.8, 4) is 11.4 Å². The highest BCUT2D eigenvalue weighted by Gasteiger charge is 2.20. The maximum atomic E-state index is 12.6. The third kappa shape index (κ3) is 7.30. The highest BCUT2D eigenvalue weighted by atomic mass is 16.3. The molecule has 0 bridgehead atoms. The van der Waals surface area contributed by atoms with Crippen molar-refractivity contribution in [2.45, 2.75) is 19.8 Å². The second-order valence-corrected chi connectivity index (χ2v) is 7.69. The van der Waals surface area contributed by atoms with Crippen molar-refractivity contribution in [3.63, 3.8) is 0 Å². The van der Waals surface area contributed by atoms with E-state index in [0.717, 1.165) is 31.5 Å². The molecule has 1 aliphatic rings. The van der Waals surface area contributed by atoms with Crippen molar-refractivity contribution in [1.29, 1.82) is 0 Å². The molecule has 9 nitrogen and oxygen atoms in total. The third-order valence-corrected chi connectivity index (χ3v) is 5.16. The van der Waals surface area contributed by atoms with Crippen LogP contribution in [0.2, 0.25) is 0 Å². The fraction of sp³-hybridized carbons (Fsp3) is 0.455. The van der Waals surface area contributed by atoms with Crippen molar-refractivity contribution in [2.75, 3.05) is 50.0 Å². The summed E-state index contributed by atoms with van der Waals surface area (Å²) >= 11 is 0. The number of carbonyl (C=O) groups is 2. The van der Waals surface area contributed by atoms with Gasteiger partial charge < -0.3 is 21.1 Å². The van der Waals surface area contributed by atoms with Crippen LogP contribution in [0.1, 0.15) is 19.8 Å². The van der Waals surface area contributed by atoms with Crippen molar-refractivity contribution < 1.29 is 14.7 Å². The number of hydrogen-bond acceptors (Lipinski definition) is 7. The summed E-state index contributed by atoms with van der Waals surface area (Å²) in [6, 6.07) is 11.2. The van der Waals surface area contributed by atoms with Gasteiger partial charge in [-0.1, -0.05) is 30.3 Å². The lowest BCUT2D eigenvalue weighted by Crippen LogP contribution is -2.39. The van der Waals surface area contributed by atoms with Crippen LogP contribution in [0.25, 0.3) is 11.4 Å². The number of nitrogens with zero attached hydrogens (tertiary/aromatic N) is 3. The SMILES string of the molecule is CC(=O)NCCNc1cc(NC(=O)CN2CCC(CO)CC2)nc(-c2ccccc2)n1. The average molecular weight is 427 g/mol. The van der Waals surface area contributed by atoms with Gasteiger partial charge in [0.05, 0.1) is 6.54 Å². The maximum absolute atomic E-state index is 12.6. The normalized spacial score (nSPS) is 14.8. The summed E-state index contributed by atoms with van der Waals surface area (Å²) in [5, 5.41) is 18.0. The third-order valence-electron chi connectivity index (χ3n) is 5.16. The number of nitrogens with one attached hydrogen (secondary N) is 3. The first-order chi connectivity index (χ1) is 15.0. The van der Waals surface area contributed by atoms with Gasteiger partial charge in [0.2, 0.25) is 11.8 Å². The number of hydrogen-bond donors (Lipinski definition) is 4. The summed E-state index contributed by atoms with van der Waals surface area (Å²) in [6.07, 6.45) is 1.80. The summed E-state index contributed by atoms with van der Waals surface area (Å²) in [6.45, 7) is 4.53. The average Bonchev–Trinajstić information content (AvgIpc) is 2.77. The number of carbonyl (C=O) groups excluding carboxylic acids is 2. The van der Waals surface area contributed by atoms with Crippen LogP contribution >= 0.6 is 0 Å². The molecule has 166 valence electrons. The molecule has 0 saturated carbocycles. The zero-order valence-electron chi connectivity index (χ0n) is 17.8. The van der Waals surface area contributed by atoms with Gasteiger partial charge in [0.25, 0.3) is 0 Å². The van der Waals surface area contributed by atoms with E-state index in [1.165, 1.54) is 6.92 Å². The number of anilines is 2. The Morgan fingerprint density at radius 1 is 1.10 bits per heavy atom. The molecule has 0 aliphatic carbocycles. The molecule has 0 spiro atoms. The first kappa shape index (κ1) is 22.6. The summed E-state index contributed by atoms with van der Waals surface area (Å²) in [4.78, 5) is 34.8. The number of benzene rings is 1. The Hall–Kier alpha value is -3.04. The van der Waals surface area contributed by atoms with E-state index in [1.807, 2.05) is 30.3 Å². The molecule has 3 rings (SSSR count). The Labute approximate surface area is 182 Å². The number of rotatable bonds is 9. The smallest absolute Gasteiger partial charge is 0.239 e. The van der Waals surface area contributed by atoms with Crippen LogP contribution in [-0.4, -0.2) is 71.1 Å². The fourth-order valence-electron chi connectivity index (χ4n) is 3.46. The lowest BCUT2D eigenvalue weighted by molar-refractivity contribution is -0.119. The summed E-state index contributed by atoms with van der Waals surface area (Å²) in [5.41, 5.74) is 0.842. The molecule has 1 aliphatic heterocycles. The van der Waals surface area contributed by atoms with E-state index in [1.54, 1.807) is 6.07 Å². The largest absolute Gasteiger partial charge is 0.396 e. The number of amides is 2. The molecule has 31 heavy (non-hydrogen) atoms. The van der Waals surface area contributed by atoms with Gasteiger partial charge in [-0.05, 0) is 31.8 Å². The van der Waals surface area contributed by atoms with Gasteiger partial charge >= 0.3 is 0 Å². The van der Waals surface area contributed by atoms with Gasteiger partial charge in [-0.15, -0.1) is 0 Å². The second-order valence-electron chi connectivity index (χ2n) is 7.69. The van der Waals surface area contributed by atoms with Crippen LogP contribution in [0, 0.1) is 5.92 Å². The molecule has 1 aromatic heterocycles. The van der Waals surface area contributed by atoms with Gasteiger partial charge in [0.15, 0.2) is 5.82 Å². The predicted octanol–water partition coefficient (Wildman–Crippen LogP) is 1.33. The Balaban J connectivity index is 1.66. The Kier molecular flexibility index (Phi) is 8.31. The van der Waals surface area contributed by atoms with E-state index >= 15 is 0 Å². The highest BCUT2D eigenvalue weighted by Crippen LogP contribution is 2.20. The van der Waals surface area contributed by atoms with E-state index in [9.17, 15) is 14.7 Å². The van der Waals surface area contributed by atoms with Crippen molar-refractivity contribution in [2.24, 2.45) is 5.92 Å². The molecule has 1 aromatic carbocycles. The topological polar surface area (TPSA) is 119 Å². The quantitative estimate of drug-likeness (QED) is 0.447. The Morgan fingerprint density at radius 3 is 2.48 bits per heavy atom. The van der Waals surface area contributed by atoms with E-state index in [0.29, 0.717) is 36.5 Å². The number of aromatic nitrogens is 2. The summed E-state index contributed by atoms with van der Waals surface area (Å²) in [5.74, 6) is 1.60. The van der Waals surface area contributed by atoms with Crippen molar-refractivity contribution >= 4 is 23.5 Å². The standard InChI is InChI=1S/C22H30N6O3/c1-16(30)23-9-10-24-19-13-20(27-22(26-19)18-5-3-2-4-6-18)25-21(31)14-28-11-7-17(15-29)8-12-28/h2-6,13,17,29H,7-12,14-15H2,1H3,(H,23,30)(H2,24,25,26,27,31). The Morgan fingerprint density at radius 2 is 1.81 bits per heavy atom. The van der Waals surface area contributed by atoms with Gasteiger partial charge in [-0.2, -0.15) is 0 Å². The maximum Gasteiger partial charge on any atom is 0.239 e. The molecular formula is C22H30N6O3. The fourth-order valence-corrected chi connectivity index (χ4v) is 3.46. The molecule has 2 aromatic rings. The molecule has 9 heteroatoms. The van der Waals surface area contributed by atoms with E-state index in [2.05, 4.69) is 30.8 Å². The van der Waals surface area contributed by atoms with Crippen LogP contribution in [0.4, 0.5) is 11.6 Å². The van der Waals surface area contributed by atoms with Crippen molar-refractivity contribution in [1.82, 2.24) is 20.2 Å². The summed E-state index contributed by atoms with van der Waals surface area (Å²) in [7, 11) is 0. The molecular weight excluding hydrogens is 396 g/mol. The molecule has 1 fully saturated rings. The number of aliphatic hydroxyl groups excluding tert-OH is 1. The molecule has 1 saturated heterocycles. The molecule has 2 amide bonds. The zero-order valence-corrected chi connectivity index (χ0v) is 17.8. The van der Waals surface area contributed by atoms with Crippen LogP contribution in [0.3, 0.4) is 0 Å². The van der Waals surface area contributed by atoms with Crippen molar-refractivity contribution in [3.05, 3.63) is 36.4 Å². The van der Waals surface area contributed by atoms with Crippen LogP contribution in [-0.2, 0) is 9.59 Å². The minimum Gasteiger partial charge on any atom is -0.396 e. The van der Waals surface area contributed by atoms with Gasteiger partial charge in [-0.25, -0.2) is 9.97 Å². The molecule has 0 radical (unpaired) electrons. The summed E-state index contributed by atoms with van der Waals surface area (Å²) < 4.78 is 0. The highest BCUT2D eigenvalue weighted by molar-refractivity contribution is 5.92. The first-order valence-electron chi connectivity index (χ1n) is 10.6. The molecule has 0 atom stereocenters. The van der Waals surface area contributed by atoms with Crippen LogP contribution < -0.4 is 16.0 Å². The first-order valence-corrected chi connectivity index (χ1v) is 10.6. The number of aliphatic hydroxyl groups is 1. The number of piperidine rings is 1. The van der Waals surface area contributed by atoms with E-state index in [4.69, 9.17) is 0 Å². The second kappa shape index (κ2) is 11.4. The molecule has 4 N–H and O–H groups in total. The van der Waals surface area contributed by atoms with Gasteiger partial charge in [0.1, 0.15) is 11.6 Å². The van der Waals surface area contributed by atoms with Gasteiger partial charge in [-0.3, -0.25) is 14.5 Å². The predicted molar refractivity (Wildman–Crippen MR) is 120 cm³/mol. The lowest BCUT2D eigenvalue weighted by atomic mass is 9.98. The Bertz CT molecular complexity index is 869. The monoisotopic (exact) mass is 426 g/mol. The van der Waals surface area contributed by atoms with Crippen LogP contribution in [0.5, 0.6) is 0 Å². The van der Waals surface area contributed by atoms with E-state index in [-0.39, 0.29) is 25.0 Å². The number of likely N-dealkylation sites (tertiary alicyclic amines) is 1.